The van der Waals surface area contributed by atoms with Crippen LogP contribution in [0.4, 0.5) is 5.95 Å². The summed E-state index contributed by atoms with van der Waals surface area (Å²) in [7, 11) is -16.7. The van der Waals surface area contributed by atoms with Crippen LogP contribution in [0.25, 0.3) is 11.2 Å². The molecule has 1 spiro atoms. The molecule has 22 heteroatoms. The van der Waals surface area contributed by atoms with Crippen molar-refractivity contribution in [2.24, 2.45) is 0 Å². The van der Waals surface area contributed by atoms with E-state index in [1.54, 1.807) is 0 Å². The number of hydrogen-bond donors (Lipinski definition) is 7. The monoisotopic (exact) mass is 549 g/mol. The molecular weight excluding hydrogens is 531 g/mol. The average molecular weight is 549 g/mol. The highest BCUT2D eigenvalue weighted by atomic mass is 31.3. The molecule has 0 aliphatic carbocycles. The molecule has 2 fully saturated rings. The Bertz CT molecular complexity index is 1300. The summed E-state index contributed by atoms with van der Waals surface area (Å²) in [6.45, 7) is -0.683. The average Bonchev–Trinajstić information content (AvgIpc) is 3.15. The van der Waals surface area contributed by atoms with Crippen molar-refractivity contribution in [3.05, 3.63) is 16.7 Å². The SMILES string of the molecule is Nc1nc2c(ncn2[C@@H]2O[C@H](COP(=O)(O)OP(=O)(O)OP(=O)(O)O)[C@@H](O)[C@]23CCO3)c(=O)[nH]1. The van der Waals surface area contributed by atoms with Crippen molar-refractivity contribution in [1.29, 1.82) is 0 Å². The van der Waals surface area contributed by atoms with Crippen molar-refractivity contribution in [3.8, 4) is 0 Å². The van der Waals surface area contributed by atoms with E-state index < -0.39 is 59.7 Å². The lowest BCUT2D eigenvalue weighted by Crippen LogP contribution is -2.56. The molecule has 34 heavy (non-hydrogen) atoms. The van der Waals surface area contributed by atoms with E-state index >= 15 is 0 Å². The predicted octanol–water partition coefficient (Wildman–Crippen LogP) is -1.54. The van der Waals surface area contributed by atoms with Gasteiger partial charge in [-0.1, -0.05) is 0 Å². The Balaban J connectivity index is 1.53. The van der Waals surface area contributed by atoms with Gasteiger partial charge >= 0.3 is 23.5 Å². The first-order valence-electron chi connectivity index (χ1n) is 9.11. The van der Waals surface area contributed by atoms with Gasteiger partial charge in [0, 0.05) is 6.42 Å². The number of anilines is 1. The molecule has 2 aromatic rings. The van der Waals surface area contributed by atoms with Crippen LogP contribution in [0.1, 0.15) is 12.6 Å². The highest BCUT2D eigenvalue weighted by Gasteiger charge is 2.62. The van der Waals surface area contributed by atoms with Gasteiger partial charge in [-0.3, -0.25) is 18.9 Å². The molecule has 0 saturated carbocycles. The summed E-state index contributed by atoms with van der Waals surface area (Å²) in [5, 5.41) is 10.8. The van der Waals surface area contributed by atoms with Gasteiger partial charge in [0.15, 0.2) is 17.4 Å². The molecule has 2 aromatic heterocycles. The molecule has 8 N–H and O–H groups in total. The van der Waals surface area contributed by atoms with E-state index in [0.717, 1.165) is 0 Å². The number of aliphatic hydroxyl groups is 1. The van der Waals surface area contributed by atoms with Crippen molar-refractivity contribution in [2.75, 3.05) is 18.9 Å². The number of phosphoric acid groups is 3. The van der Waals surface area contributed by atoms with Gasteiger partial charge in [0.2, 0.25) is 5.95 Å². The Morgan fingerprint density at radius 1 is 1.24 bits per heavy atom. The number of nitrogens with two attached hydrogens (primary N) is 1. The summed E-state index contributed by atoms with van der Waals surface area (Å²) in [6.07, 6.45) is -2.56. The van der Waals surface area contributed by atoms with E-state index in [1.165, 1.54) is 10.9 Å². The van der Waals surface area contributed by atoms with Crippen LogP contribution in [0.3, 0.4) is 0 Å². The maximum atomic E-state index is 12.0. The summed E-state index contributed by atoms with van der Waals surface area (Å²) < 4.78 is 58.5. The highest BCUT2D eigenvalue weighted by molar-refractivity contribution is 7.66. The fraction of sp³-hybridized carbons (Fsp3) is 0.583. The molecule has 0 amide bonds. The van der Waals surface area contributed by atoms with Crippen molar-refractivity contribution in [1.82, 2.24) is 19.5 Å². The molecule has 6 atom stereocenters. The molecule has 0 radical (unpaired) electrons. The minimum Gasteiger partial charge on any atom is -0.387 e. The van der Waals surface area contributed by atoms with Crippen LogP contribution >= 0.6 is 23.5 Å². The van der Waals surface area contributed by atoms with Crippen LogP contribution in [-0.4, -0.2) is 75.2 Å². The first kappa shape index (κ1) is 25.5. The molecule has 19 nitrogen and oxygen atoms in total. The van der Waals surface area contributed by atoms with Crippen LogP contribution < -0.4 is 11.3 Å². The lowest BCUT2D eigenvalue weighted by atomic mass is 9.86. The smallest absolute Gasteiger partial charge is 0.387 e. The quantitative estimate of drug-likeness (QED) is 0.184. The summed E-state index contributed by atoms with van der Waals surface area (Å²) >= 11 is 0. The zero-order valence-electron chi connectivity index (χ0n) is 16.6. The number of imidazole rings is 1. The van der Waals surface area contributed by atoms with Crippen LogP contribution in [0.5, 0.6) is 0 Å². The minimum atomic E-state index is -5.72. The molecule has 2 aliphatic rings. The summed E-state index contributed by atoms with van der Waals surface area (Å²) in [5.41, 5.74) is 3.47. The number of aromatic amines is 1. The van der Waals surface area contributed by atoms with Gasteiger partial charge in [-0.25, -0.2) is 18.7 Å². The molecule has 4 rings (SSSR count). The number of aliphatic hydroxyl groups excluding tert-OH is 1. The number of H-pyrrole nitrogens is 1. The summed E-state index contributed by atoms with van der Waals surface area (Å²) in [4.78, 5) is 58.3. The third-order valence-corrected chi connectivity index (χ3v) is 8.76. The third-order valence-electron chi connectivity index (χ3n) is 4.96. The Hall–Kier alpha value is -1.56. The number of nitrogens with one attached hydrogen (secondary N) is 1. The number of rotatable bonds is 8. The van der Waals surface area contributed by atoms with E-state index in [1.807, 2.05) is 0 Å². The lowest BCUT2D eigenvalue weighted by molar-refractivity contribution is -0.225. The number of ether oxygens (including phenoxy) is 2. The Labute approximate surface area is 187 Å². The Morgan fingerprint density at radius 2 is 1.91 bits per heavy atom. The first-order chi connectivity index (χ1) is 15.6. The molecule has 4 heterocycles. The molecule has 0 aromatic carbocycles. The Kier molecular flexibility index (Phi) is 6.41. The van der Waals surface area contributed by atoms with Crippen molar-refractivity contribution in [2.45, 2.75) is 30.5 Å². The van der Waals surface area contributed by atoms with E-state index in [2.05, 4.69) is 28.1 Å². The number of nitrogen functional groups attached to an aromatic ring is 1. The van der Waals surface area contributed by atoms with E-state index in [9.17, 15) is 33.4 Å². The normalized spacial score (nSPS) is 30.8. The predicted molar refractivity (Wildman–Crippen MR) is 106 cm³/mol. The topological polar surface area (TPSA) is 288 Å². The van der Waals surface area contributed by atoms with Crippen LogP contribution in [0.2, 0.25) is 0 Å². The lowest BCUT2D eigenvalue weighted by Gasteiger charge is -2.44. The van der Waals surface area contributed by atoms with Crippen molar-refractivity contribution < 1.29 is 61.0 Å². The van der Waals surface area contributed by atoms with Crippen LogP contribution in [0.15, 0.2) is 11.1 Å². The fourth-order valence-electron chi connectivity index (χ4n) is 3.60. The summed E-state index contributed by atoms with van der Waals surface area (Å²) in [5.74, 6) is -0.217. The van der Waals surface area contributed by atoms with Gasteiger partial charge in [0.05, 0.1) is 19.5 Å². The second-order valence-electron chi connectivity index (χ2n) is 7.19. The van der Waals surface area contributed by atoms with Crippen molar-refractivity contribution >= 4 is 40.6 Å². The molecule has 2 aliphatic heterocycles. The van der Waals surface area contributed by atoms with E-state index in [-0.39, 0.29) is 30.1 Å². The number of phosphoric ester groups is 1. The van der Waals surface area contributed by atoms with E-state index in [4.69, 9.17) is 25.0 Å². The largest absolute Gasteiger partial charge is 0.490 e. The molecule has 0 bridgehead atoms. The maximum Gasteiger partial charge on any atom is 0.490 e. The zero-order valence-corrected chi connectivity index (χ0v) is 19.3. The van der Waals surface area contributed by atoms with Gasteiger partial charge < -0.3 is 39.9 Å². The van der Waals surface area contributed by atoms with Crippen LogP contribution in [0, 0.1) is 0 Å². The standard InChI is InChI=1S/C12H18N5O14P3/c13-11-15-8-6(9(19)16-11)14-4-17(8)10-12(1-2-27-12)7(18)5(29-10)3-28-33(23,24)31-34(25,26)30-32(20,21)22/h4-5,7,10,18H,1-3H2,(H,23,24)(H,25,26)(H2,20,21,22)(H3,13,15,16,19)/t5-,7-,10-,12-/m1/s1. The Morgan fingerprint density at radius 3 is 2.50 bits per heavy atom. The molecule has 190 valence electrons. The van der Waals surface area contributed by atoms with Gasteiger partial charge in [-0.15, -0.1) is 0 Å². The van der Waals surface area contributed by atoms with Gasteiger partial charge in [-0.2, -0.15) is 13.6 Å². The van der Waals surface area contributed by atoms with Crippen molar-refractivity contribution in [3.63, 3.8) is 0 Å². The molecule has 2 saturated heterocycles. The third kappa shape index (κ3) is 4.89. The number of aromatic nitrogens is 4. The number of nitrogens with zero attached hydrogens (tertiary/aromatic N) is 3. The number of hydrogen-bond acceptors (Lipinski definition) is 13. The van der Waals surface area contributed by atoms with E-state index in [0.29, 0.717) is 0 Å². The zero-order chi connectivity index (χ0) is 25.1. The second-order valence-corrected chi connectivity index (χ2v) is 11.6. The second kappa shape index (κ2) is 8.53. The van der Waals surface area contributed by atoms with Crippen LogP contribution in [-0.2, 0) is 36.3 Å². The van der Waals surface area contributed by atoms with Gasteiger partial charge in [0.1, 0.15) is 17.8 Å². The molecule has 2 unspecified atom stereocenters. The van der Waals surface area contributed by atoms with Gasteiger partial charge in [-0.05, 0) is 0 Å². The fourth-order valence-corrected chi connectivity index (χ4v) is 6.63. The summed E-state index contributed by atoms with van der Waals surface area (Å²) in [6, 6.07) is 0. The maximum absolute atomic E-state index is 12.0. The molecular formula is C12H18N5O14P3. The minimum absolute atomic E-state index is 0.00172. The number of fused-ring (bicyclic) bond motifs is 1. The highest BCUT2D eigenvalue weighted by Crippen LogP contribution is 2.66. The first-order valence-corrected chi connectivity index (χ1v) is 13.6. The van der Waals surface area contributed by atoms with Gasteiger partial charge in [0.25, 0.3) is 5.56 Å².